The molecular formula is C11H20N4. The van der Waals surface area contributed by atoms with Gasteiger partial charge < -0.3 is 10.2 Å². The number of H-pyrrole nitrogens is 1. The first-order chi connectivity index (χ1) is 7.45. The fourth-order valence-electron chi connectivity index (χ4n) is 2.04. The SMILES string of the molecule is c1cc(CNCCCN2CCCC2)[nH]n1. The van der Waals surface area contributed by atoms with Gasteiger partial charge in [-0.25, -0.2) is 0 Å². The minimum atomic E-state index is 0.903. The van der Waals surface area contributed by atoms with E-state index in [-0.39, 0.29) is 0 Å². The molecule has 1 aliphatic heterocycles. The highest BCUT2D eigenvalue weighted by molar-refractivity contribution is 4.96. The number of hydrogen-bond donors (Lipinski definition) is 2. The second-order valence-corrected chi connectivity index (χ2v) is 4.16. The lowest BCUT2D eigenvalue weighted by Gasteiger charge is -2.13. The molecule has 0 spiro atoms. The van der Waals surface area contributed by atoms with Gasteiger partial charge in [0.25, 0.3) is 0 Å². The Morgan fingerprint density at radius 2 is 2.27 bits per heavy atom. The zero-order valence-corrected chi connectivity index (χ0v) is 9.21. The molecule has 0 atom stereocenters. The van der Waals surface area contributed by atoms with Gasteiger partial charge in [-0.2, -0.15) is 5.10 Å². The molecule has 2 heterocycles. The molecule has 1 saturated heterocycles. The Bertz CT molecular complexity index is 252. The molecule has 4 nitrogen and oxygen atoms in total. The van der Waals surface area contributed by atoms with E-state index in [1.807, 2.05) is 6.07 Å². The Kier molecular flexibility index (Phi) is 4.17. The quantitative estimate of drug-likeness (QED) is 0.685. The summed E-state index contributed by atoms with van der Waals surface area (Å²) in [4.78, 5) is 2.55. The van der Waals surface area contributed by atoms with Gasteiger partial charge in [0.05, 0.1) is 0 Å². The van der Waals surface area contributed by atoms with Crippen LogP contribution in [0.5, 0.6) is 0 Å². The predicted octanol–water partition coefficient (Wildman–Crippen LogP) is 0.985. The van der Waals surface area contributed by atoms with Crippen molar-refractivity contribution in [3.63, 3.8) is 0 Å². The number of nitrogens with zero attached hydrogens (tertiary/aromatic N) is 2. The van der Waals surface area contributed by atoms with Crippen LogP contribution in [0.25, 0.3) is 0 Å². The van der Waals surface area contributed by atoms with Crippen LogP contribution in [-0.2, 0) is 6.54 Å². The Morgan fingerprint density at radius 3 is 3.00 bits per heavy atom. The number of nitrogens with one attached hydrogen (secondary N) is 2. The number of likely N-dealkylation sites (tertiary alicyclic amines) is 1. The summed E-state index contributed by atoms with van der Waals surface area (Å²) >= 11 is 0. The van der Waals surface area contributed by atoms with Crippen LogP contribution < -0.4 is 5.32 Å². The van der Waals surface area contributed by atoms with Crippen LogP contribution in [0.3, 0.4) is 0 Å². The molecule has 1 aromatic heterocycles. The van der Waals surface area contributed by atoms with E-state index >= 15 is 0 Å². The van der Waals surface area contributed by atoms with Gasteiger partial charge in [0, 0.05) is 18.4 Å². The van der Waals surface area contributed by atoms with E-state index in [1.54, 1.807) is 6.20 Å². The van der Waals surface area contributed by atoms with Crippen LogP contribution >= 0.6 is 0 Å². The molecule has 84 valence electrons. The summed E-state index contributed by atoms with van der Waals surface area (Å²) in [5.41, 5.74) is 1.16. The molecule has 2 rings (SSSR count). The monoisotopic (exact) mass is 208 g/mol. The lowest BCUT2D eigenvalue weighted by atomic mass is 10.3. The maximum atomic E-state index is 3.91. The molecule has 1 fully saturated rings. The van der Waals surface area contributed by atoms with Gasteiger partial charge in [0.15, 0.2) is 0 Å². The smallest absolute Gasteiger partial charge is 0.0490 e. The topological polar surface area (TPSA) is 44.0 Å². The van der Waals surface area contributed by atoms with Crippen molar-refractivity contribution >= 4 is 0 Å². The third-order valence-corrected chi connectivity index (χ3v) is 2.90. The Morgan fingerprint density at radius 1 is 1.40 bits per heavy atom. The van der Waals surface area contributed by atoms with Crippen LogP contribution in [0.1, 0.15) is 25.0 Å². The first kappa shape index (κ1) is 10.6. The van der Waals surface area contributed by atoms with Gasteiger partial charge in [-0.15, -0.1) is 0 Å². The van der Waals surface area contributed by atoms with Crippen LogP contribution in [0, 0.1) is 0 Å². The largest absolute Gasteiger partial charge is 0.311 e. The molecule has 1 aliphatic rings. The average Bonchev–Trinajstić information content (AvgIpc) is 2.88. The summed E-state index contributed by atoms with van der Waals surface area (Å²) in [6.07, 6.45) is 5.82. The second kappa shape index (κ2) is 5.88. The third-order valence-electron chi connectivity index (χ3n) is 2.90. The second-order valence-electron chi connectivity index (χ2n) is 4.16. The van der Waals surface area contributed by atoms with Crippen LogP contribution in [0.4, 0.5) is 0 Å². The van der Waals surface area contributed by atoms with Crippen LogP contribution in [0.15, 0.2) is 12.3 Å². The highest BCUT2D eigenvalue weighted by Crippen LogP contribution is 2.06. The lowest BCUT2D eigenvalue weighted by Crippen LogP contribution is -2.24. The molecule has 0 unspecified atom stereocenters. The van der Waals surface area contributed by atoms with Crippen LogP contribution in [-0.4, -0.2) is 41.3 Å². The molecule has 0 amide bonds. The Hall–Kier alpha value is -0.870. The predicted molar refractivity (Wildman–Crippen MR) is 60.6 cm³/mol. The summed E-state index contributed by atoms with van der Waals surface area (Å²) in [5.74, 6) is 0. The molecule has 1 aromatic rings. The van der Waals surface area contributed by atoms with E-state index in [4.69, 9.17) is 0 Å². The fraction of sp³-hybridized carbons (Fsp3) is 0.727. The molecule has 4 heteroatoms. The van der Waals surface area contributed by atoms with Gasteiger partial charge in [-0.05, 0) is 51.5 Å². The van der Waals surface area contributed by atoms with Crippen molar-refractivity contribution in [2.45, 2.75) is 25.8 Å². The van der Waals surface area contributed by atoms with E-state index in [0.29, 0.717) is 0 Å². The summed E-state index contributed by atoms with van der Waals surface area (Å²) in [7, 11) is 0. The molecule has 0 bridgehead atoms. The highest BCUT2D eigenvalue weighted by Gasteiger charge is 2.09. The van der Waals surface area contributed by atoms with Crippen molar-refractivity contribution in [1.29, 1.82) is 0 Å². The minimum Gasteiger partial charge on any atom is -0.311 e. The summed E-state index contributed by atoms with van der Waals surface area (Å²) in [6.45, 7) is 5.85. The van der Waals surface area contributed by atoms with Gasteiger partial charge in [0.2, 0.25) is 0 Å². The molecular weight excluding hydrogens is 188 g/mol. The fourth-order valence-corrected chi connectivity index (χ4v) is 2.04. The first-order valence-corrected chi connectivity index (χ1v) is 5.86. The van der Waals surface area contributed by atoms with Gasteiger partial charge >= 0.3 is 0 Å². The van der Waals surface area contributed by atoms with Gasteiger partial charge in [0.1, 0.15) is 0 Å². The summed E-state index contributed by atoms with van der Waals surface area (Å²) < 4.78 is 0. The minimum absolute atomic E-state index is 0.903. The standard InChI is InChI=1S/C11H20N4/c1-2-8-15(7-1)9-3-5-12-10-11-4-6-13-14-11/h4,6,12H,1-3,5,7-10H2,(H,13,14). The summed E-state index contributed by atoms with van der Waals surface area (Å²) in [5, 5.41) is 10.3. The third kappa shape index (κ3) is 3.64. The van der Waals surface area contributed by atoms with Crippen molar-refractivity contribution in [3.8, 4) is 0 Å². The van der Waals surface area contributed by atoms with Crippen molar-refractivity contribution < 1.29 is 0 Å². The molecule has 0 aliphatic carbocycles. The van der Waals surface area contributed by atoms with Crippen molar-refractivity contribution in [3.05, 3.63) is 18.0 Å². The summed E-state index contributed by atoms with van der Waals surface area (Å²) in [6, 6.07) is 2.01. The van der Waals surface area contributed by atoms with Crippen molar-refractivity contribution in [1.82, 2.24) is 20.4 Å². The maximum absolute atomic E-state index is 3.91. The van der Waals surface area contributed by atoms with E-state index in [2.05, 4.69) is 20.4 Å². The highest BCUT2D eigenvalue weighted by atomic mass is 15.1. The molecule has 0 aromatic carbocycles. The molecule has 0 saturated carbocycles. The zero-order valence-electron chi connectivity index (χ0n) is 9.21. The number of aromatic nitrogens is 2. The van der Waals surface area contributed by atoms with Gasteiger partial charge in [-0.3, -0.25) is 5.10 Å². The average molecular weight is 208 g/mol. The van der Waals surface area contributed by atoms with Gasteiger partial charge in [-0.1, -0.05) is 0 Å². The molecule has 0 radical (unpaired) electrons. The van der Waals surface area contributed by atoms with Crippen LogP contribution in [0.2, 0.25) is 0 Å². The molecule has 2 N–H and O–H groups in total. The first-order valence-electron chi connectivity index (χ1n) is 5.86. The lowest BCUT2D eigenvalue weighted by molar-refractivity contribution is 0.331. The zero-order chi connectivity index (χ0) is 10.3. The van der Waals surface area contributed by atoms with E-state index in [1.165, 1.54) is 38.9 Å². The number of hydrogen-bond acceptors (Lipinski definition) is 3. The number of rotatable bonds is 6. The van der Waals surface area contributed by atoms with E-state index in [9.17, 15) is 0 Å². The molecule has 15 heavy (non-hydrogen) atoms. The normalized spacial score (nSPS) is 17.3. The maximum Gasteiger partial charge on any atom is 0.0490 e. The van der Waals surface area contributed by atoms with Crippen molar-refractivity contribution in [2.24, 2.45) is 0 Å². The van der Waals surface area contributed by atoms with Crippen molar-refractivity contribution in [2.75, 3.05) is 26.2 Å². The van der Waals surface area contributed by atoms with E-state index in [0.717, 1.165) is 18.8 Å². The van der Waals surface area contributed by atoms with E-state index < -0.39 is 0 Å². The number of aromatic amines is 1. The Balaban J connectivity index is 1.48. The Labute approximate surface area is 91.1 Å².